The smallest absolute Gasteiger partial charge is 0.162 e. The van der Waals surface area contributed by atoms with Gasteiger partial charge in [0.05, 0.1) is 6.61 Å². The molecule has 0 aliphatic rings. The summed E-state index contributed by atoms with van der Waals surface area (Å²) in [4.78, 5) is 0. The maximum absolute atomic E-state index is 13.8. The topological polar surface area (TPSA) is 30.5 Å². The zero-order valence-electron chi connectivity index (χ0n) is 14.8. The van der Waals surface area contributed by atoms with Crippen LogP contribution >= 0.6 is 15.9 Å². The quantitative estimate of drug-likeness (QED) is 0.528. The zero-order chi connectivity index (χ0) is 18.1. The number of benzene rings is 2. The fourth-order valence-corrected chi connectivity index (χ4v) is 2.85. The van der Waals surface area contributed by atoms with Crippen LogP contribution in [-0.2, 0) is 13.2 Å². The van der Waals surface area contributed by atoms with E-state index in [1.54, 1.807) is 18.2 Å². The van der Waals surface area contributed by atoms with Crippen LogP contribution in [0.4, 0.5) is 4.39 Å². The largest absolute Gasteiger partial charge is 0.490 e. The van der Waals surface area contributed by atoms with Gasteiger partial charge in [0, 0.05) is 16.6 Å². The maximum atomic E-state index is 13.8. The Morgan fingerprint density at radius 2 is 1.80 bits per heavy atom. The highest BCUT2D eigenvalue weighted by molar-refractivity contribution is 9.10. The van der Waals surface area contributed by atoms with Crippen LogP contribution in [0.2, 0.25) is 0 Å². The first-order valence-electron chi connectivity index (χ1n) is 8.67. The second kappa shape index (κ2) is 10.4. The second-order valence-corrected chi connectivity index (χ2v) is 6.59. The Morgan fingerprint density at radius 3 is 2.52 bits per heavy atom. The van der Waals surface area contributed by atoms with Gasteiger partial charge in [0.15, 0.2) is 11.5 Å². The SMILES string of the molecule is CCCCNCc1cc(OCC)c(OCc2ccccc2F)cc1Br. The molecule has 0 radical (unpaired) electrons. The molecule has 2 aromatic carbocycles. The van der Waals surface area contributed by atoms with E-state index in [2.05, 4.69) is 28.2 Å². The van der Waals surface area contributed by atoms with Crippen LogP contribution in [-0.4, -0.2) is 13.2 Å². The number of rotatable bonds is 10. The molecule has 0 fully saturated rings. The highest BCUT2D eigenvalue weighted by Crippen LogP contribution is 2.34. The fourth-order valence-electron chi connectivity index (χ4n) is 2.39. The molecule has 3 nitrogen and oxygen atoms in total. The summed E-state index contributed by atoms with van der Waals surface area (Å²) in [5, 5.41) is 3.42. The van der Waals surface area contributed by atoms with Gasteiger partial charge < -0.3 is 14.8 Å². The standard InChI is InChI=1S/C20H25BrFNO2/c1-3-5-10-23-13-16-11-19(24-4-2)20(12-17(16)21)25-14-15-8-6-7-9-18(15)22/h6-9,11-12,23H,3-5,10,13-14H2,1-2H3. The lowest BCUT2D eigenvalue weighted by Crippen LogP contribution is -2.15. The Morgan fingerprint density at radius 1 is 1.04 bits per heavy atom. The first-order chi connectivity index (χ1) is 12.2. The minimum Gasteiger partial charge on any atom is -0.490 e. The molecule has 0 aliphatic heterocycles. The molecule has 2 aromatic rings. The third-order valence-electron chi connectivity index (χ3n) is 3.78. The molecule has 0 unspecified atom stereocenters. The summed E-state index contributed by atoms with van der Waals surface area (Å²) >= 11 is 3.59. The van der Waals surface area contributed by atoms with Gasteiger partial charge in [-0.1, -0.05) is 47.5 Å². The average molecular weight is 410 g/mol. The molecule has 0 saturated heterocycles. The van der Waals surface area contributed by atoms with Gasteiger partial charge >= 0.3 is 0 Å². The Bertz CT molecular complexity index is 679. The van der Waals surface area contributed by atoms with E-state index in [1.165, 1.54) is 12.5 Å². The molecule has 5 heteroatoms. The lowest BCUT2D eigenvalue weighted by atomic mass is 10.2. The van der Waals surface area contributed by atoms with Crippen LogP contribution in [0.5, 0.6) is 11.5 Å². The summed E-state index contributed by atoms with van der Waals surface area (Å²) in [6, 6.07) is 10.5. The van der Waals surface area contributed by atoms with Crippen molar-refractivity contribution in [1.82, 2.24) is 5.32 Å². The molecule has 0 aromatic heterocycles. The number of unbranched alkanes of at least 4 members (excludes halogenated alkanes) is 1. The van der Waals surface area contributed by atoms with Crippen LogP contribution in [0.25, 0.3) is 0 Å². The van der Waals surface area contributed by atoms with Crippen molar-refractivity contribution in [3.63, 3.8) is 0 Å². The number of halogens is 2. The lowest BCUT2D eigenvalue weighted by molar-refractivity contribution is 0.265. The molecular formula is C20H25BrFNO2. The number of ether oxygens (including phenoxy) is 2. The molecule has 136 valence electrons. The highest BCUT2D eigenvalue weighted by Gasteiger charge is 2.12. The lowest BCUT2D eigenvalue weighted by Gasteiger charge is -2.15. The van der Waals surface area contributed by atoms with Crippen LogP contribution in [0.15, 0.2) is 40.9 Å². The van der Waals surface area contributed by atoms with E-state index in [9.17, 15) is 4.39 Å². The molecule has 0 saturated carbocycles. The Labute approximate surface area is 157 Å². The number of hydrogen-bond acceptors (Lipinski definition) is 3. The van der Waals surface area contributed by atoms with E-state index in [-0.39, 0.29) is 12.4 Å². The van der Waals surface area contributed by atoms with Crippen molar-refractivity contribution in [3.8, 4) is 11.5 Å². The monoisotopic (exact) mass is 409 g/mol. The summed E-state index contributed by atoms with van der Waals surface area (Å²) in [5.74, 6) is 1.01. The van der Waals surface area contributed by atoms with Gasteiger partial charge in [-0.05, 0) is 43.7 Å². The van der Waals surface area contributed by atoms with Crippen LogP contribution < -0.4 is 14.8 Å². The second-order valence-electron chi connectivity index (χ2n) is 5.73. The van der Waals surface area contributed by atoms with Gasteiger partial charge in [-0.3, -0.25) is 0 Å². The van der Waals surface area contributed by atoms with Gasteiger partial charge in [0.2, 0.25) is 0 Å². The van der Waals surface area contributed by atoms with Gasteiger partial charge in [0.1, 0.15) is 12.4 Å². The minimum atomic E-state index is -0.267. The first-order valence-corrected chi connectivity index (χ1v) is 9.47. The predicted molar refractivity (Wildman–Crippen MR) is 103 cm³/mol. The maximum Gasteiger partial charge on any atom is 0.162 e. The summed E-state index contributed by atoms with van der Waals surface area (Å²) < 4.78 is 26.2. The van der Waals surface area contributed by atoms with Crippen molar-refractivity contribution in [1.29, 1.82) is 0 Å². The highest BCUT2D eigenvalue weighted by atomic mass is 79.9. The Hall–Kier alpha value is -1.59. The summed E-state index contributed by atoms with van der Waals surface area (Å²) in [7, 11) is 0. The molecule has 0 heterocycles. The number of hydrogen-bond donors (Lipinski definition) is 1. The Balaban J connectivity index is 2.11. The van der Waals surface area contributed by atoms with Crippen molar-refractivity contribution in [2.24, 2.45) is 0 Å². The van der Waals surface area contributed by atoms with Gasteiger partial charge in [-0.15, -0.1) is 0 Å². The molecule has 0 spiro atoms. The van der Waals surface area contributed by atoms with Gasteiger partial charge in [-0.2, -0.15) is 0 Å². The summed E-state index contributed by atoms with van der Waals surface area (Å²) in [5.41, 5.74) is 1.63. The van der Waals surface area contributed by atoms with E-state index in [1.807, 2.05) is 19.1 Å². The molecule has 25 heavy (non-hydrogen) atoms. The van der Waals surface area contributed by atoms with E-state index in [0.29, 0.717) is 23.7 Å². The van der Waals surface area contributed by atoms with E-state index in [4.69, 9.17) is 9.47 Å². The van der Waals surface area contributed by atoms with E-state index in [0.717, 1.165) is 29.5 Å². The van der Waals surface area contributed by atoms with Gasteiger partial charge in [-0.25, -0.2) is 4.39 Å². The first kappa shape index (κ1) is 19.7. The van der Waals surface area contributed by atoms with Crippen molar-refractivity contribution in [3.05, 3.63) is 57.8 Å². The zero-order valence-corrected chi connectivity index (χ0v) is 16.4. The van der Waals surface area contributed by atoms with Crippen LogP contribution in [0.3, 0.4) is 0 Å². The van der Waals surface area contributed by atoms with Crippen molar-refractivity contribution >= 4 is 15.9 Å². The average Bonchev–Trinajstić information content (AvgIpc) is 2.61. The Kier molecular flexibility index (Phi) is 8.22. The molecular weight excluding hydrogens is 385 g/mol. The molecule has 1 N–H and O–H groups in total. The van der Waals surface area contributed by atoms with E-state index < -0.39 is 0 Å². The third-order valence-corrected chi connectivity index (χ3v) is 4.51. The van der Waals surface area contributed by atoms with E-state index >= 15 is 0 Å². The van der Waals surface area contributed by atoms with Crippen molar-refractivity contribution < 1.29 is 13.9 Å². The molecule has 0 aliphatic carbocycles. The minimum absolute atomic E-state index is 0.160. The van der Waals surface area contributed by atoms with Crippen molar-refractivity contribution in [2.75, 3.05) is 13.2 Å². The fraction of sp³-hybridized carbons (Fsp3) is 0.400. The number of nitrogens with one attached hydrogen (secondary N) is 1. The molecule has 0 atom stereocenters. The molecule has 2 rings (SSSR count). The molecule has 0 amide bonds. The summed E-state index contributed by atoms with van der Waals surface area (Å²) in [6.45, 7) is 6.55. The predicted octanol–water partition coefficient (Wildman–Crippen LogP) is 5.46. The molecule has 0 bridgehead atoms. The van der Waals surface area contributed by atoms with Gasteiger partial charge in [0.25, 0.3) is 0 Å². The van der Waals surface area contributed by atoms with Crippen LogP contribution in [0, 0.1) is 5.82 Å². The summed E-state index contributed by atoms with van der Waals surface area (Å²) in [6.07, 6.45) is 2.32. The normalized spacial score (nSPS) is 10.7. The van der Waals surface area contributed by atoms with Crippen molar-refractivity contribution in [2.45, 2.75) is 39.8 Å². The third kappa shape index (κ3) is 6.01. The van der Waals surface area contributed by atoms with Crippen LogP contribution in [0.1, 0.15) is 37.8 Å².